The number of carbonyl (C=O) groups excluding carboxylic acids is 1. The molecule has 0 saturated carbocycles. The van der Waals surface area contributed by atoms with Crippen molar-refractivity contribution in [2.24, 2.45) is 0 Å². The topological polar surface area (TPSA) is 29.5 Å². The van der Waals surface area contributed by atoms with E-state index in [1.54, 1.807) is 11.0 Å². The van der Waals surface area contributed by atoms with Gasteiger partial charge in [-0.05, 0) is 28.1 Å². The Labute approximate surface area is 112 Å². The maximum atomic E-state index is 13.8. The predicted molar refractivity (Wildman–Crippen MR) is 65.8 cm³/mol. The lowest BCUT2D eigenvalue weighted by molar-refractivity contribution is 0.0299. The minimum Gasteiger partial charge on any atom is -0.378 e. The van der Waals surface area contributed by atoms with Crippen LogP contribution in [0.2, 0.25) is 5.02 Å². The number of amides is 1. The monoisotopic (exact) mass is 321 g/mol. The van der Waals surface area contributed by atoms with Crippen molar-refractivity contribution in [3.05, 3.63) is 33.0 Å². The second kappa shape index (κ2) is 5.33. The van der Waals surface area contributed by atoms with E-state index >= 15 is 0 Å². The quantitative estimate of drug-likeness (QED) is 0.744. The number of nitrogens with zero attached hydrogens (tertiary/aromatic N) is 1. The largest absolute Gasteiger partial charge is 0.378 e. The van der Waals surface area contributed by atoms with Crippen LogP contribution in [-0.4, -0.2) is 37.1 Å². The molecule has 2 rings (SSSR count). The van der Waals surface area contributed by atoms with E-state index in [9.17, 15) is 9.18 Å². The van der Waals surface area contributed by atoms with Gasteiger partial charge in [-0.25, -0.2) is 4.39 Å². The van der Waals surface area contributed by atoms with Gasteiger partial charge >= 0.3 is 0 Å². The van der Waals surface area contributed by atoms with Gasteiger partial charge in [0, 0.05) is 17.6 Å². The maximum absolute atomic E-state index is 13.8. The number of morpholine rings is 1. The summed E-state index contributed by atoms with van der Waals surface area (Å²) in [7, 11) is 0. The molecule has 0 unspecified atom stereocenters. The molecule has 0 aromatic heterocycles. The van der Waals surface area contributed by atoms with Gasteiger partial charge in [-0.2, -0.15) is 0 Å². The summed E-state index contributed by atoms with van der Waals surface area (Å²) >= 11 is 8.85. The lowest BCUT2D eigenvalue weighted by Gasteiger charge is -2.27. The Morgan fingerprint density at radius 3 is 2.71 bits per heavy atom. The Bertz CT molecular complexity index is 449. The summed E-state index contributed by atoms with van der Waals surface area (Å²) in [5, 5.41) is -0.0511. The molecule has 3 nitrogen and oxygen atoms in total. The highest BCUT2D eigenvalue weighted by Crippen LogP contribution is 2.27. The van der Waals surface area contributed by atoms with Crippen LogP contribution in [0.15, 0.2) is 16.6 Å². The van der Waals surface area contributed by atoms with Gasteiger partial charge in [0.25, 0.3) is 5.91 Å². The molecular formula is C11H10BrClFNO2. The van der Waals surface area contributed by atoms with E-state index in [-0.39, 0.29) is 16.5 Å². The highest BCUT2D eigenvalue weighted by molar-refractivity contribution is 9.10. The number of hydrogen-bond donors (Lipinski definition) is 0. The van der Waals surface area contributed by atoms with Crippen LogP contribution >= 0.6 is 27.5 Å². The molecule has 1 aliphatic heterocycles. The molecule has 0 radical (unpaired) electrons. The molecule has 0 N–H and O–H groups in total. The van der Waals surface area contributed by atoms with E-state index in [4.69, 9.17) is 16.3 Å². The summed E-state index contributed by atoms with van der Waals surface area (Å²) in [6.45, 7) is 1.89. The van der Waals surface area contributed by atoms with Crippen molar-refractivity contribution in [1.82, 2.24) is 4.90 Å². The van der Waals surface area contributed by atoms with E-state index in [1.165, 1.54) is 6.07 Å². The van der Waals surface area contributed by atoms with E-state index in [0.717, 1.165) is 0 Å². The molecule has 6 heteroatoms. The Morgan fingerprint density at radius 2 is 2.06 bits per heavy atom. The molecular weight excluding hydrogens is 312 g/mol. The fourth-order valence-electron chi connectivity index (χ4n) is 1.65. The van der Waals surface area contributed by atoms with Gasteiger partial charge in [-0.1, -0.05) is 11.6 Å². The fourth-order valence-corrected chi connectivity index (χ4v) is 2.28. The van der Waals surface area contributed by atoms with Crippen molar-refractivity contribution in [2.45, 2.75) is 0 Å². The van der Waals surface area contributed by atoms with E-state index in [2.05, 4.69) is 15.9 Å². The van der Waals surface area contributed by atoms with Crippen LogP contribution in [0.4, 0.5) is 4.39 Å². The number of benzene rings is 1. The zero-order chi connectivity index (χ0) is 12.4. The Morgan fingerprint density at radius 1 is 1.41 bits per heavy atom. The summed E-state index contributed by atoms with van der Waals surface area (Å²) in [5.74, 6) is -1.04. The number of halogens is 3. The highest BCUT2D eigenvalue weighted by Gasteiger charge is 2.24. The number of rotatable bonds is 1. The van der Waals surface area contributed by atoms with Crippen molar-refractivity contribution in [3.63, 3.8) is 0 Å². The second-order valence-corrected chi connectivity index (χ2v) is 4.88. The SMILES string of the molecule is O=C(c1c(Br)ccc(Cl)c1F)N1CCOCC1. The van der Waals surface area contributed by atoms with Crippen LogP contribution in [-0.2, 0) is 4.74 Å². The van der Waals surface area contributed by atoms with Gasteiger partial charge in [0.15, 0.2) is 5.82 Å². The first kappa shape index (κ1) is 12.8. The third kappa shape index (κ3) is 2.61. The molecule has 92 valence electrons. The summed E-state index contributed by atoms with van der Waals surface area (Å²) in [6, 6.07) is 2.98. The van der Waals surface area contributed by atoms with Gasteiger partial charge in [0.05, 0.1) is 23.8 Å². The van der Waals surface area contributed by atoms with Crippen molar-refractivity contribution in [1.29, 1.82) is 0 Å². The molecule has 1 aromatic carbocycles. The molecule has 0 spiro atoms. The van der Waals surface area contributed by atoms with E-state index in [0.29, 0.717) is 30.8 Å². The fraction of sp³-hybridized carbons (Fsp3) is 0.364. The lowest BCUT2D eigenvalue weighted by Crippen LogP contribution is -2.41. The minimum absolute atomic E-state index is 0.0144. The molecule has 1 heterocycles. The number of carbonyl (C=O) groups is 1. The van der Waals surface area contributed by atoms with Crippen molar-refractivity contribution in [3.8, 4) is 0 Å². The zero-order valence-electron chi connectivity index (χ0n) is 8.88. The number of ether oxygens (including phenoxy) is 1. The average molecular weight is 323 g/mol. The van der Waals surface area contributed by atoms with Crippen LogP contribution in [0.3, 0.4) is 0 Å². The first-order chi connectivity index (χ1) is 8.11. The molecule has 0 aliphatic carbocycles. The summed E-state index contributed by atoms with van der Waals surface area (Å²) in [5.41, 5.74) is -0.0144. The van der Waals surface area contributed by atoms with Crippen LogP contribution in [0.25, 0.3) is 0 Å². The normalized spacial score (nSPS) is 16.1. The number of hydrogen-bond acceptors (Lipinski definition) is 2. The summed E-state index contributed by atoms with van der Waals surface area (Å²) < 4.78 is 19.4. The van der Waals surface area contributed by atoms with Gasteiger partial charge in [-0.3, -0.25) is 4.79 Å². The summed E-state index contributed by atoms with van der Waals surface area (Å²) in [6.07, 6.45) is 0. The van der Waals surface area contributed by atoms with Crippen molar-refractivity contribution >= 4 is 33.4 Å². The van der Waals surface area contributed by atoms with Crippen LogP contribution in [0.1, 0.15) is 10.4 Å². The lowest BCUT2D eigenvalue weighted by atomic mass is 10.1. The summed E-state index contributed by atoms with van der Waals surface area (Å²) in [4.78, 5) is 13.7. The Hall–Kier alpha value is -0.650. The highest BCUT2D eigenvalue weighted by atomic mass is 79.9. The van der Waals surface area contributed by atoms with Gasteiger partial charge in [-0.15, -0.1) is 0 Å². The van der Waals surface area contributed by atoms with Crippen LogP contribution in [0, 0.1) is 5.82 Å². The predicted octanol–water partition coefficient (Wildman–Crippen LogP) is 2.71. The Balaban J connectivity index is 2.32. The van der Waals surface area contributed by atoms with Gasteiger partial charge in [0.2, 0.25) is 0 Å². The van der Waals surface area contributed by atoms with Crippen molar-refractivity contribution in [2.75, 3.05) is 26.3 Å². The molecule has 0 atom stereocenters. The van der Waals surface area contributed by atoms with E-state index in [1.807, 2.05) is 0 Å². The van der Waals surface area contributed by atoms with Crippen molar-refractivity contribution < 1.29 is 13.9 Å². The van der Waals surface area contributed by atoms with Gasteiger partial charge in [0.1, 0.15) is 0 Å². The van der Waals surface area contributed by atoms with E-state index < -0.39 is 5.82 Å². The molecule has 1 fully saturated rings. The van der Waals surface area contributed by atoms with Crippen LogP contribution in [0.5, 0.6) is 0 Å². The van der Waals surface area contributed by atoms with Crippen LogP contribution < -0.4 is 0 Å². The standard InChI is InChI=1S/C11H10BrClFNO2/c12-7-1-2-8(13)10(14)9(7)11(16)15-3-5-17-6-4-15/h1-2H,3-6H2. The molecule has 1 aromatic rings. The smallest absolute Gasteiger partial charge is 0.258 e. The molecule has 17 heavy (non-hydrogen) atoms. The third-order valence-corrected chi connectivity index (χ3v) is 3.51. The second-order valence-electron chi connectivity index (χ2n) is 3.62. The first-order valence-electron chi connectivity index (χ1n) is 5.12. The third-order valence-electron chi connectivity index (χ3n) is 2.56. The molecule has 1 amide bonds. The molecule has 0 bridgehead atoms. The first-order valence-corrected chi connectivity index (χ1v) is 6.29. The van der Waals surface area contributed by atoms with Gasteiger partial charge < -0.3 is 9.64 Å². The molecule has 1 saturated heterocycles. The maximum Gasteiger partial charge on any atom is 0.258 e. The average Bonchev–Trinajstić information content (AvgIpc) is 2.35. The zero-order valence-corrected chi connectivity index (χ0v) is 11.2. The minimum atomic E-state index is -0.683. The molecule has 1 aliphatic rings. The Kier molecular flexibility index (Phi) is 4.01.